The predicted molar refractivity (Wildman–Crippen MR) is 106 cm³/mol. The van der Waals surface area contributed by atoms with Crippen molar-refractivity contribution in [2.75, 3.05) is 6.61 Å². The number of carbonyl (C=O) groups is 1. The van der Waals surface area contributed by atoms with E-state index in [4.69, 9.17) is 14.6 Å². The Bertz CT molecular complexity index is 788. The lowest BCUT2D eigenvalue weighted by Gasteiger charge is -2.33. The highest BCUT2D eigenvalue weighted by molar-refractivity contribution is 5.95. The molecule has 1 heterocycles. The highest BCUT2D eigenvalue weighted by Crippen LogP contribution is 2.44. The van der Waals surface area contributed by atoms with Gasteiger partial charge in [-0.15, -0.1) is 0 Å². The minimum absolute atomic E-state index is 0.0461. The SMILES string of the molecule is CCCCOc1cc2c(cc1/C(C)=C(/F)C(=O)O)C(C(C)C)=CC(C)(C)O2. The van der Waals surface area contributed by atoms with Crippen LogP contribution in [0.2, 0.25) is 0 Å². The van der Waals surface area contributed by atoms with Crippen molar-refractivity contribution in [3.63, 3.8) is 0 Å². The Morgan fingerprint density at radius 3 is 2.56 bits per heavy atom. The summed E-state index contributed by atoms with van der Waals surface area (Å²) in [4.78, 5) is 11.1. The molecule has 5 heteroatoms. The van der Waals surface area contributed by atoms with Crippen LogP contribution in [0.4, 0.5) is 4.39 Å². The van der Waals surface area contributed by atoms with E-state index in [-0.39, 0.29) is 11.5 Å². The molecule has 0 bridgehead atoms. The second-order valence-corrected chi connectivity index (χ2v) is 7.75. The number of carboxylic acid groups (broad SMARTS) is 1. The summed E-state index contributed by atoms with van der Waals surface area (Å²) in [6.45, 7) is 12.1. The third-order valence-electron chi connectivity index (χ3n) is 4.57. The molecule has 0 aromatic heterocycles. The van der Waals surface area contributed by atoms with Crippen molar-refractivity contribution in [3.05, 3.63) is 35.2 Å². The number of benzene rings is 1. The molecule has 0 radical (unpaired) electrons. The average Bonchev–Trinajstić information content (AvgIpc) is 2.58. The van der Waals surface area contributed by atoms with Gasteiger partial charge in [-0.3, -0.25) is 0 Å². The molecule has 1 N–H and O–H groups in total. The Morgan fingerprint density at radius 2 is 2.00 bits per heavy atom. The molecule has 2 rings (SSSR count). The van der Waals surface area contributed by atoms with Crippen molar-refractivity contribution in [2.45, 2.75) is 60.0 Å². The zero-order valence-corrected chi connectivity index (χ0v) is 17.0. The maximum Gasteiger partial charge on any atom is 0.365 e. The van der Waals surface area contributed by atoms with Gasteiger partial charge in [0.05, 0.1) is 6.61 Å². The maximum atomic E-state index is 14.2. The molecule has 0 atom stereocenters. The summed E-state index contributed by atoms with van der Waals surface area (Å²) in [5.74, 6) is -1.41. The highest BCUT2D eigenvalue weighted by atomic mass is 19.1. The van der Waals surface area contributed by atoms with Crippen LogP contribution in [0.1, 0.15) is 65.5 Å². The number of hydrogen-bond donors (Lipinski definition) is 1. The van der Waals surface area contributed by atoms with Gasteiger partial charge in [0.25, 0.3) is 0 Å². The van der Waals surface area contributed by atoms with E-state index in [0.717, 1.165) is 24.0 Å². The van der Waals surface area contributed by atoms with Crippen molar-refractivity contribution in [2.24, 2.45) is 5.92 Å². The van der Waals surface area contributed by atoms with E-state index in [1.807, 2.05) is 13.8 Å². The van der Waals surface area contributed by atoms with Crippen molar-refractivity contribution in [1.82, 2.24) is 0 Å². The van der Waals surface area contributed by atoms with Gasteiger partial charge in [0.15, 0.2) is 0 Å². The largest absolute Gasteiger partial charge is 0.493 e. The summed E-state index contributed by atoms with van der Waals surface area (Å²) in [7, 11) is 0. The van der Waals surface area contributed by atoms with Crippen molar-refractivity contribution < 1.29 is 23.8 Å². The number of rotatable bonds is 7. The second-order valence-electron chi connectivity index (χ2n) is 7.75. The zero-order chi connectivity index (χ0) is 20.4. The summed E-state index contributed by atoms with van der Waals surface area (Å²) in [6, 6.07) is 3.55. The first kappa shape index (κ1) is 21.0. The number of carboxylic acids is 1. The number of halogens is 1. The van der Waals surface area contributed by atoms with E-state index >= 15 is 0 Å². The minimum atomic E-state index is -1.58. The number of unbranched alkanes of at least 4 members (excludes halogenated alkanes) is 1. The van der Waals surface area contributed by atoms with Gasteiger partial charge in [-0.05, 0) is 50.8 Å². The van der Waals surface area contributed by atoms with Gasteiger partial charge in [-0.25, -0.2) is 4.79 Å². The summed E-state index contributed by atoms with van der Waals surface area (Å²) in [5, 5.41) is 9.06. The molecule has 1 aliphatic rings. The Hall–Kier alpha value is -2.30. The molecule has 0 saturated heterocycles. The average molecular weight is 376 g/mol. The molecule has 0 saturated carbocycles. The Labute approximate surface area is 160 Å². The van der Waals surface area contributed by atoms with E-state index in [2.05, 4.69) is 26.8 Å². The minimum Gasteiger partial charge on any atom is -0.493 e. The molecule has 0 unspecified atom stereocenters. The van der Waals surface area contributed by atoms with E-state index in [0.29, 0.717) is 23.7 Å². The molecule has 1 aromatic rings. The van der Waals surface area contributed by atoms with E-state index in [1.54, 1.807) is 12.1 Å². The zero-order valence-electron chi connectivity index (χ0n) is 17.0. The quantitative estimate of drug-likeness (QED) is 0.478. The van der Waals surface area contributed by atoms with Gasteiger partial charge >= 0.3 is 5.97 Å². The number of aliphatic carboxylic acids is 1. The number of ether oxygens (including phenoxy) is 2. The Kier molecular flexibility index (Phi) is 6.34. The van der Waals surface area contributed by atoms with Crippen molar-refractivity contribution in [1.29, 1.82) is 0 Å². The first-order chi connectivity index (χ1) is 12.6. The topological polar surface area (TPSA) is 55.8 Å². The fourth-order valence-electron chi connectivity index (χ4n) is 3.13. The molecule has 1 aromatic carbocycles. The van der Waals surface area contributed by atoms with E-state index in [9.17, 15) is 9.18 Å². The second kappa shape index (κ2) is 8.15. The van der Waals surface area contributed by atoms with Gasteiger partial charge in [0.2, 0.25) is 5.83 Å². The third kappa shape index (κ3) is 4.71. The standard InChI is InChI=1S/C22H29FO4/c1-7-8-9-26-18-11-19-16(10-15(18)14(4)20(23)21(24)25)17(13(2)3)12-22(5,6)27-19/h10-13H,7-9H2,1-6H3,(H,24,25)/b20-14+. The maximum absolute atomic E-state index is 14.2. The van der Waals surface area contributed by atoms with Gasteiger partial charge in [-0.1, -0.05) is 27.2 Å². The number of allylic oxidation sites excluding steroid dienone is 2. The van der Waals surface area contributed by atoms with Crippen molar-refractivity contribution in [3.8, 4) is 11.5 Å². The molecule has 27 heavy (non-hydrogen) atoms. The molecule has 0 fully saturated rings. The van der Waals surface area contributed by atoms with Crippen LogP contribution < -0.4 is 9.47 Å². The van der Waals surface area contributed by atoms with Crippen LogP contribution >= 0.6 is 0 Å². The number of hydrogen-bond acceptors (Lipinski definition) is 3. The lowest BCUT2D eigenvalue weighted by atomic mass is 9.86. The van der Waals surface area contributed by atoms with E-state index in [1.165, 1.54) is 6.92 Å². The summed E-state index contributed by atoms with van der Waals surface area (Å²) in [6.07, 6.45) is 3.88. The molecule has 0 amide bonds. The molecule has 0 aliphatic carbocycles. The molecular formula is C22H29FO4. The fourth-order valence-corrected chi connectivity index (χ4v) is 3.13. The van der Waals surface area contributed by atoms with Crippen LogP contribution in [0.3, 0.4) is 0 Å². The predicted octanol–water partition coefficient (Wildman–Crippen LogP) is 5.86. The van der Waals surface area contributed by atoms with Crippen LogP contribution in [-0.4, -0.2) is 23.3 Å². The molecule has 148 valence electrons. The lowest BCUT2D eigenvalue weighted by molar-refractivity contribution is -0.134. The number of fused-ring (bicyclic) bond motifs is 1. The van der Waals surface area contributed by atoms with Crippen LogP contribution in [-0.2, 0) is 4.79 Å². The summed E-state index contributed by atoms with van der Waals surface area (Å²) in [5.41, 5.74) is 1.96. The lowest BCUT2D eigenvalue weighted by Crippen LogP contribution is -2.30. The van der Waals surface area contributed by atoms with E-state index < -0.39 is 17.4 Å². The van der Waals surface area contributed by atoms with Crippen molar-refractivity contribution >= 4 is 17.1 Å². The first-order valence-electron chi connectivity index (χ1n) is 9.40. The van der Waals surface area contributed by atoms with Gasteiger partial charge < -0.3 is 14.6 Å². The summed E-state index contributed by atoms with van der Waals surface area (Å²) < 4.78 is 26.1. The molecule has 0 spiro atoms. The monoisotopic (exact) mass is 376 g/mol. The van der Waals surface area contributed by atoms with Gasteiger partial charge in [0, 0.05) is 22.8 Å². The molecular weight excluding hydrogens is 347 g/mol. The van der Waals surface area contributed by atoms with Crippen LogP contribution in [0.5, 0.6) is 11.5 Å². The van der Waals surface area contributed by atoms with Gasteiger partial charge in [-0.2, -0.15) is 4.39 Å². The van der Waals surface area contributed by atoms with Crippen LogP contribution in [0.15, 0.2) is 24.0 Å². The van der Waals surface area contributed by atoms with Gasteiger partial charge in [0.1, 0.15) is 17.1 Å². The highest BCUT2D eigenvalue weighted by Gasteiger charge is 2.30. The summed E-state index contributed by atoms with van der Waals surface area (Å²) >= 11 is 0. The smallest absolute Gasteiger partial charge is 0.365 e. The van der Waals surface area contributed by atoms with Crippen LogP contribution in [0.25, 0.3) is 11.1 Å². The fraction of sp³-hybridized carbons (Fsp3) is 0.500. The molecule has 4 nitrogen and oxygen atoms in total. The molecule has 1 aliphatic heterocycles. The first-order valence-corrected chi connectivity index (χ1v) is 9.40. The normalized spacial score (nSPS) is 16.2. The third-order valence-corrected chi connectivity index (χ3v) is 4.57. The Morgan fingerprint density at radius 1 is 1.33 bits per heavy atom. The Balaban J connectivity index is 2.67. The van der Waals surface area contributed by atoms with Crippen LogP contribution in [0, 0.1) is 5.92 Å².